The predicted octanol–water partition coefficient (Wildman–Crippen LogP) is 4.50. The van der Waals surface area contributed by atoms with Gasteiger partial charge in [-0.25, -0.2) is 4.99 Å². The van der Waals surface area contributed by atoms with Gasteiger partial charge in [0.2, 0.25) is 0 Å². The van der Waals surface area contributed by atoms with Gasteiger partial charge in [0.05, 0.1) is 10.6 Å². The van der Waals surface area contributed by atoms with Crippen molar-refractivity contribution in [3.63, 3.8) is 0 Å². The minimum absolute atomic E-state index is 0.0559. The quantitative estimate of drug-likeness (QED) is 0.387. The SMILES string of the molecule is CC1=CC(=NC(=NS(=O)(=O)c2ccc(Br)cc2)c2ccccc2)C=C(C)C1=O. The normalized spacial score (nSPS) is 15.2. The number of carbonyl (C=O) groups excluding carboxylic acids is 1. The fourth-order valence-electron chi connectivity index (χ4n) is 2.61. The Bertz CT molecular complexity index is 1120. The lowest BCUT2D eigenvalue weighted by molar-refractivity contribution is -0.112. The molecule has 7 heteroatoms. The molecule has 2 aromatic carbocycles. The third kappa shape index (κ3) is 4.61. The fraction of sp³-hybridized carbons (Fsp3) is 0.0952. The molecular weight excluding hydrogens is 440 g/mol. The summed E-state index contributed by atoms with van der Waals surface area (Å²) < 4.78 is 30.3. The molecule has 0 bridgehead atoms. The number of carbonyl (C=O) groups is 1. The van der Waals surface area contributed by atoms with Crippen LogP contribution in [0.15, 0.2) is 96.7 Å². The molecule has 0 unspecified atom stereocenters. The maximum absolute atomic E-state index is 12.8. The lowest BCUT2D eigenvalue weighted by Crippen LogP contribution is -2.13. The van der Waals surface area contributed by atoms with Gasteiger partial charge in [0.15, 0.2) is 11.6 Å². The van der Waals surface area contributed by atoms with Gasteiger partial charge in [0.1, 0.15) is 0 Å². The molecule has 2 aromatic rings. The Kier molecular flexibility index (Phi) is 5.86. The number of nitrogens with zero attached hydrogens (tertiary/aromatic N) is 2. The van der Waals surface area contributed by atoms with Gasteiger partial charge in [-0.05, 0) is 61.4 Å². The average Bonchev–Trinajstić information content (AvgIpc) is 2.66. The lowest BCUT2D eigenvalue weighted by Gasteiger charge is -2.10. The molecule has 0 spiro atoms. The Hall–Kier alpha value is -2.64. The Morgan fingerprint density at radius 1 is 0.893 bits per heavy atom. The van der Waals surface area contributed by atoms with E-state index in [4.69, 9.17) is 0 Å². The zero-order valence-corrected chi connectivity index (χ0v) is 17.7. The van der Waals surface area contributed by atoms with Gasteiger partial charge < -0.3 is 0 Å². The third-order valence-corrected chi connectivity index (χ3v) is 5.84. The number of amidine groups is 1. The number of ketones is 1. The Balaban J connectivity index is 2.14. The molecular formula is C21H17BrN2O3S. The molecule has 3 rings (SSSR count). The highest BCUT2D eigenvalue weighted by atomic mass is 79.9. The molecule has 1 aliphatic rings. The van der Waals surface area contributed by atoms with Crippen LogP contribution in [0, 0.1) is 0 Å². The summed E-state index contributed by atoms with van der Waals surface area (Å²) in [6, 6.07) is 15.1. The van der Waals surface area contributed by atoms with Crippen molar-refractivity contribution in [2.75, 3.05) is 0 Å². The lowest BCUT2D eigenvalue weighted by atomic mass is 9.98. The summed E-state index contributed by atoms with van der Waals surface area (Å²) in [7, 11) is -3.96. The zero-order chi connectivity index (χ0) is 20.3. The third-order valence-electron chi connectivity index (χ3n) is 4.03. The van der Waals surface area contributed by atoms with Crippen LogP contribution >= 0.6 is 15.9 Å². The summed E-state index contributed by atoms with van der Waals surface area (Å²) in [5, 5.41) is 0. The van der Waals surface area contributed by atoms with Crippen molar-refractivity contribution >= 4 is 43.3 Å². The zero-order valence-electron chi connectivity index (χ0n) is 15.3. The molecule has 142 valence electrons. The molecule has 0 saturated carbocycles. The maximum atomic E-state index is 12.8. The first-order valence-corrected chi connectivity index (χ1v) is 10.7. The minimum atomic E-state index is -3.96. The van der Waals surface area contributed by atoms with Crippen molar-refractivity contribution in [2.24, 2.45) is 9.39 Å². The average molecular weight is 457 g/mol. The van der Waals surface area contributed by atoms with Crippen molar-refractivity contribution in [2.45, 2.75) is 18.7 Å². The van der Waals surface area contributed by atoms with Crippen molar-refractivity contribution < 1.29 is 13.2 Å². The predicted molar refractivity (Wildman–Crippen MR) is 114 cm³/mol. The van der Waals surface area contributed by atoms with Gasteiger partial charge in [-0.15, -0.1) is 4.40 Å². The molecule has 0 fully saturated rings. The topological polar surface area (TPSA) is 75.9 Å². The highest BCUT2D eigenvalue weighted by molar-refractivity contribution is 9.10. The highest BCUT2D eigenvalue weighted by Gasteiger charge is 2.18. The number of hydrogen-bond acceptors (Lipinski definition) is 3. The van der Waals surface area contributed by atoms with E-state index in [-0.39, 0.29) is 16.5 Å². The van der Waals surface area contributed by atoms with Crippen LogP contribution in [0.4, 0.5) is 0 Å². The molecule has 0 heterocycles. The van der Waals surface area contributed by atoms with Crippen LogP contribution in [-0.4, -0.2) is 25.7 Å². The van der Waals surface area contributed by atoms with Crippen LogP contribution in [0.3, 0.4) is 0 Å². The number of rotatable bonds is 3. The molecule has 0 atom stereocenters. The van der Waals surface area contributed by atoms with Crippen LogP contribution in [0.1, 0.15) is 19.4 Å². The monoisotopic (exact) mass is 456 g/mol. The van der Waals surface area contributed by atoms with E-state index in [1.807, 2.05) is 6.07 Å². The molecule has 0 N–H and O–H groups in total. The number of hydrogen-bond donors (Lipinski definition) is 0. The Morgan fingerprint density at radius 2 is 1.46 bits per heavy atom. The molecule has 0 aromatic heterocycles. The smallest absolute Gasteiger partial charge is 0.284 e. The van der Waals surface area contributed by atoms with Gasteiger partial charge in [-0.2, -0.15) is 8.42 Å². The van der Waals surface area contributed by atoms with Gasteiger partial charge in [0, 0.05) is 10.0 Å². The van der Waals surface area contributed by atoms with Crippen LogP contribution in [0.5, 0.6) is 0 Å². The van der Waals surface area contributed by atoms with E-state index < -0.39 is 10.0 Å². The summed E-state index contributed by atoms with van der Waals surface area (Å²) >= 11 is 3.29. The molecule has 1 aliphatic carbocycles. The van der Waals surface area contributed by atoms with Crippen molar-refractivity contribution in [1.29, 1.82) is 0 Å². The minimum Gasteiger partial charge on any atom is -0.289 e. The van der Waals surface area contributed by atoms with E-state index in [1.165, 1.54) is 12.1 Å². The summed E-state index contributed by atoms with van der Waals surface area (Å²) in [6.45, 7) is 3.40. The fourth-order valence-corrected chi connectivity index (χ4v) is 3.84. The maximum Gasteiger partial charge on any atom is 0.284 e. The van der Waals surface area contributed by atoms with Crippen molar-refractivity contribution in [3.8, 4) is 0 Å². The molecule has 28 heavy (non-hydrogen) atoms. The number of sulfonamides is 1. The largest absolute Gasteiger partial charge is 0.289 e. The van der Waals surface area contributed by atoms with Gasteiger partial charge in [-0.1, -0.05) is 46.3 Å². The van der Waals surface area contributed by atoms with E-state index in [1.54, 1.807) is 62.4 Å². The van der Waals surface area contributed by atoms with Gasteiger partial charge in [0.25, 0.3) is 10.0 Å². The number of Topliss-reactive ketones (excluding diaryl/α,β-unsaturated/α-hetero) is 1. The summed E-state index contributed by atoms with van der Waals surface area (Å²) in [4.78, 5) is 16.5. The van der Waals surface area contributed by atoms with Crippen LogP contribution in [0.25, 0.3) is 0 Å². The molecule has 0 radical (unpaired) electrons. The first kappa shape index (κ1) is 20.1. The molecule has 0 saturated heterocycles. The summed E-state index contributed by atoms with van der Waals surface area (Å²) in [5.41, 5.74) is 2.12. The number of aliphatic imine (C=N–C) groups is 1. The summed E-state index contributed by atoms with van der Waals surface area (Å²) in [5.74, 6) is 0.000557. The highest BCUT2D eigenvalue weighted by Crippen LogP contribution is 2.19. The second kappa shape index (κ2) is 8.16. The van der Waals surface area contributed by atoms with E-state index in [0.717, 1.165) is 4.47 Å². The standard InChI is InChI=1S/C21H17BrN2O3S/c1-14-12-18(13-15(2)20(14)25)23-21(16-6-4-3-5-7-16)24-28(26,27)19-10-8-17(22)9-11-19/h3-13H,1-2H3. The molecule has 0 amide bonds. The van der Waals surface area contributed by atoms with Crippen molar-refractivity contribution in [3.05, 3.63) is 87.9 Å². The van der Waals surface area contributed by atoms with Crippen LogP contribution < -0.4 is 0 Å². The summed E-state index contributed by atoms with van der Waals surface area (Å²) in [6.07, 6.45) is 3.25. The second-order valence-electron chi connectivity index (χ2n) is 6.23. The van der Waals surface area contributed by atoms with Gasteiger partial charge in [-0.3, -0.25) is 4.79 Å². The number of halogens is 1. The van der Waals surface area contributed by atoms with E-state index in [9.17, 15) is 13.2 Å². The van der Waals surface area contributed by atoms with Crippen LogP contribution in [-0.2, 0) is 14.8 Å². The van der Waals surface area contributed by atoms with Gasteiger partial charge >= 0.3 is 0 Å². The molecule has 0 aliphatic heterocycles. The number of benzene rings is 2. The van der Waals surface area contributed by atoms with E-state index in [2.05, 4.69) is 25.3 Å². The Labute approximate surface area is 172 Å². The number of allylic oxidation sites excluding steroid dienone is 4. The molecule has 5 nitrogen and oxygen atoms in total. The first-order chi connectivity index (χ1) is 13.3. The first-order valence-electron chi connectivity index (χ1n) is 8.42. The Morgan fingerprint density at radius 3 is 2.04 bits per heavy atom. The van der Waals surface area contributed by atoms with Crippen LogP contribution in [0.2, 0.25) is 0 Å². The van der Waals surface area contributed by atoms with Crippen molar-refractivity contribution in [1.82, 2.24) is 0 Å². The van der Waals surface area contributed by atoms with E-state index >= 15 is 0 Å². The second-order valence-corrected chi connectivity index (χ2v) is 8.75. The van der Waals surface area contributed by atoms with E-state index in [0.29, 0.717) is 22.4 Å².